The molecule has 0 spiro atoms. The summed E-state index contributed by atoms with van der Waals surface area (Å²) in [4.78, 5) is 13.5. The number of rotatable bonds is 1. The van der Waals surface area contributed by atoms with E-state index in [4.69, 9.17) is 28.9 Å². The normalized spacial score (nSPS) is 19.1. The highest BCUT2D eigenvalue weighted by molar-refractivity contribution is 6.35. The van der Waals surface area contributed by atoms with Crippen molar-refractivity contribution in [1.82, 2.24) is 4.90 Å². The third kappa shape index (κ3) is 2.28. The molecular formula is C12H14Cl2N2O. The van der Waals surface area contributed by atoms with E-state index in [-0.39, 0.29) is 18.5 Å². The average molecular weight is 273 g/mol. The first-order valence-corrected chi connectivity index (χ1v) is 6.27. The lowest BCUT2D eigenvalue weighted by Crippen LogP contribution is -2.42. The van der Waals surface area contributed by atoms with Crippen LogP contribution in [0, 0.1) is 0 Å². The molecule has 0 aliphatic carbocycles. The van der Waals surface area contributed by atoms with Crippen LogP contribution in [0.5, 0.6) is 0 Å². The number of amides is 1. The zero-order valence-corrected chi connectivity index (χ0v) is 11.1. The second-order valence-corrected chi connectivity index (χ2v) is 5.02. The van der Waals surface area contributed by atoms with Crippen molar-refractivity contribution in [3.05, 3.63) is 33.3 Å². The number of nitrogens with zero attached hydrogens (tertiary/aromatic N) is 1. The smallest absolute Gasteiger partial charge is 0.236 e. The summed E-state index contributed by atoms with van der Waals surface area (Å²) in [7, 11) is 0. The Bertz CT molecular complexity index is 462. The summed E-state index contributed by atoms with van der Waals surface area (Å²) in [6.45, 7) is 2.66. The van der Waals surface area contributed by atoms with Crippen molar-refractivity contribution in [2.45, 2.75) is 19.4 Å². The number of halogens is 2. The molecule has 1 aromatic rings. The highest BCUT2D eigenvalue weighted by Gasteiger charge is 2.28. The number of nitrogens with two attached hydrogens (primary N) is 1. The average Bonchev–Trinajstić information content (AvgIpc) is 2.27. The summed E-state index contributed by atoms with van der Waals surface area (Å²) in [6.07, 6.45) is 0.770. The molecule has 5 heteroatoms. The Kier molecular flexibility index (Phi) is 3.61. The van der Waals surface area contributed by atoms with E-state index in [2.05, 4.69) is 0 Å². The Hall–Kier alpha value is -0.770. The molecule has 1 aromatic carbocycles. The van der Waals surface area contributed by atoms with E-state index in [1.165, 1.54) is 0 Å². The summed E-state index contributed by atoms with van der Waals surface area (Å²) in [5, 5.41) is 1.26. The second-order valence-electron chi connectivity index (χ2n) is 4.18. The van der Waals surface area contributed by atoms with Gasteiger partial charge in [-0.15, -0.1) is 0 Å². The molecule has 92 valence electrons. The lowest BCUT2D eigenvalue weighted by molar-refractivity contribution is -0.132. The maximum Gasteiger partial charge on any atom is 0.236 e. The monoisotopic (exact) mass is 272 g/mol. The molecule has 3 nitrogen and oxygen atoms in total. The molecule has 0 bridgehead atoms. The predicted molar refractivity (Wildman–Crippen MR) is 69.3 cm³/mol. The van der Waals surface area contributed by atoms with Crippen LogP contribution < -0.4 is 5.73 Å². The maximum atomic E-state index is 11.7. The molecule has 1 aliphatic rings. The fourth-order valence-corrected chi connectivity index (χ4v) is 3.05. The van der Waals surface area contributed by atoms with Crippen molar-refractivity contribution in [1.29, 1.82) is 0 Å². The van der Waals surface area contributed by atoms with Gasteiger partial charge in [0.15, 0.2) is 0 Å². The van der Waals surface area contributed by atoms with Crippen LogP contribution in [0.1, 0.15) is 24.1 Å². The SMILES string of the molecule is CC1c2c(Cl)cc(Cl)cc2CCN1C(=O)CN. The van der Waals surface area contributed by atoms with Gasteiger partial charge < -0.3 is 10.6 Å². The Morgan fingerprint density at radius 2 is 2.24 bits per heavy atom. The molecule has 0 aromatic heterocycles. The summed E-state index contributed by atoms with van der Waals surface area (Å²) < 4.78 is 0. The topological polar surface area (TPSA) is 46.3 Å². The van der Waals surface area contributed by atoms with Crippen LogP contribution >= 0.6 is 23.2 Å². The Balaban J connectivity index is 2.42. The van der Waals surface area contributed by atoms with Crippen molar-refractivity contribution in [3.8, 4) is 0 Å². The largest absolute Gasteiger partial charge is 0.334 e. The van der Waals surface area contributed by atoms with E-state index in [0.29, 0.717) is 16.6 Å². The highest BCUT2D eigenvalue weighted by atomic mass is 35.5. The molecule has 1 heterocycles. The first-order chi connectivity index (χ1) is 8.04. The molecule has 1 aliphatic heterocycles. The molecule has 17 heavy (non-hydrogen) atoms. The Morgan fingerprint density at radius 1 is 1.53 bits per heavy atom. The van der Waals surface area contributed by atoms with Gasteiger partial charge in [-0.3, -0.25) is 4.79 Å². The minimum atomic E-state index is -0.0471. The number of hydrogen-bond acceptors (Lipinski definition) is 2. The van der Waals surface area contributed by atoms with Crippen LogP contribution in [0.15, 0.2) is 12.1 Å². The summed E-state index contributed by atoms with van der Waals surface area (Å²) >= 11 is 12.2. The van der Waals surface area contributed by atoms with Crippen LogP contribution in [0.3, 0.4) is 0 Å². The Morgan fingerprint density at radius 3 is 2.88 bits per heavy atom. The van der Waals surface area contributed by atoms with Gasteiger partial charge >= 0.3 is 0 Å². The summed E-state index contributed by atoms with van der Waals surface area (Å²) in [5.74, 6) is -0.0471. The fraction of sp³-hybridized carbons (Fsp3) is 0.417. The van der Waals surface area contributed by atoms with Crippen molar-refractivity contribution >= 4 is 29.1 Å². The molecule has 2 N–H and O–H groups in total. The third-order valence-electron chi connectivity index (χ3n) is 3.18. The van der Waals surface area contributed by atoms with Gasteiger partial charge in [-0.05, 0) is 36.6 Å². The van der Waals surface area contributed by atoms with Gasteiger partial charge in [0.05, 0.1) is 12.6 Å². The first kappa shape index (κ1) is 12.7. The molecule has 1 atom stereocenters. The van der Waals surface area contributed by atoms with E-state index < -0.39 is 0 Å². The van der Waals surface area contributed by atoms with E-state index in [9.17, 15) is 4.79 Å². The number of hydrogen-bond donors (Lipinski definition) is 1. The van der Waals surface area contributed by atoms with Crippen LogP contribution in [-0.4, -0.2) is 23.9 Å². The van der Waals surface area contributed by atoms with Gasteiger partial charge in [-0.1, -0.05) is 23.2 Å². The Labute approximate surface area is 110 Å². The quantitative estimate of drug-likeness (QED) is 0.854. The maximum absolute atomic E-state index is 11.7. The number of carbonyl (C=O) groups excluding carboxylic acids is 1. The first-order valence-electron chi connectivity index (χ1n) is 5.52. The van der Waals surface area contributed by atoms with E-state index in [0.717, 1.165) is 17.5 Å². The van der Waals surface area contributed by atoms with Crippen molar-refractivity contribution in [3.63, 3.8) is 0 Å². The molecule has 1 amide bonds. The van der Waals surface area contributed by atoms with Gasteiger partial charge in [0.1, 0.15) is 0 Å². The van der Waals surface area contributed by atoms with Gasteiger partial charge in [0.2, 0.25) is 5.91 Å². The van der Waals surface area contributed by atoms with Crippen LogP contribution in [0.2, 0.25) is 10.0 Å². The summed E-state index contributed by atoms with van der Waals surface area (Å²) in [6, 6.07) is 3.60. The number of benzene rings is 1. The van der Waals surface area contributed by atoms with Gasteiger partial charge in [0, 0.05) is 16.6 Å². The molecule has 2 rings (SSSR count). The van der Waals surface area contributed by atoms with E-state index >= 15 is 0 Å². The molecular weight excluding hydrogens is 259 g/mol. The molecule has 0 fully saturated rings. The summed E-state index contributed by atoms with van der Waals surface area (Å²) in [5.41, 5.74) is 7.51. The van der Waals surface area contributed by atoms with Crippen molar-refractivity contribution in [2.24, 2.45) is 5.73 Å². The zero-order valence-electron chi connectivity index (χ0n) is 9.54. The standard InChI is InChI=1S/C12H14Cl2N2O/c1-7-12-8(4-9(13)5-10(12)14)2-3-16(7)11(17)6-15/h4-5,7H,2-3,6,15H2,1H3. The van der Waals surface area contributed by atoms with Crippen LogP contribution in [0.4, 0.5) is 0 Å². The zero-order chi connectivity index (χ0) is 12.6. The lowest BCUT2D eigenvalue weighted by atomic mass is 9.93. The second kappa shape index (κ2) is 4.84. The van der Waals surface area contributed by atoms with Gasteiger partial charge in [-0.25, -0.2) is 0 Å². The molecule has 0 saturated heterocycles. The predicted octanol–water partition coefficient (Wildman–Crippen LogP) is 2.40. The van der Waals surface area contributed by atoms with Gasteiger partial charge in [-0.2, -0.15) is 0 Å². The van der Waals surface area contributed by atoms with E-state index in [1.807, 2.05) is 13.0 Å². The number of carbonyl (C=O) groups is 1. The molecule has 0 saturated carbocycles. The van der Waals surface area contributed by atoms with Gasteiger partial charge in [0.25, 0.3) is 0 Å². The molecule has 0 radical (unpaired) electrons. The van der Waals surface area contributed by atoms with Crippen molar-refractivity contribution < 1.29 is 4.79 Å². The lowest BCUT2D eigenvalue weighted by Gasteiger charge is -2.35. The van der Waals surface area contributed by atoms with Crippen molar-refractivity contribution in [2.75, 3.05) is 13.1 Å². The highest BCUT2D eigenvalue weighted by Crippen LogP contribution is 2.36. The van der Waals surface area contributed by atoms with Crippen LogP contribution in [-0.2, 0) is 11.2 Å². The number of fused-ring (bicyclic) bond motifs is 1. The fourth-order valence-electron chi connectivity index (χ4n) is 2.36. The third-order valence-corrected chi connectivity index (χ3v) is 3.71. The van der Waals surface area contributed by atoms with Crippen LogP contribution in [0.25, 0.3) is 0 Å². The van der Waals surface area contributed by atoms with E-state index in [1.54, 1.807) is 11.0 Å². The minimum absolute atomic E-state index is 0.0326. The molecule has 1 unspecified atom stereocenters. The minimum Gasteiger partial charge on any atom is -0.334 e.